The number of aromatic amines is 2. The summed E-state index contributed by atoms with van der Waals surface area (Å²) in [6, 6.07) is 4.58. The Hall–Kier alpha value is -1.96. The lowest BCUT2D eigenvalue weighted by molar-refractivity contribution is 0.0141. The van der Waals surface area contributed by atoms with Gasteiger partial charge in [-0.05, 0) is 37.7 Å². The molecule has 2 rings (SSSR count). The maximum atomic E-state index is 11.7. The van der Waals surface area contributed by atoms with Crippen LogP contribution in [0.5, 0.6) is 0 Å². The van der Waals surface area contributed by atoms with Gasteiger partial charge in [0.15, 0.2) is 0 Å². The first-order valence-corrected chi connectivity index (χ1v) is 6.30. The summed E-state index contributed by atoms with van der Waals surface area (Å²) in [4.78, 5) is 27.4. The standard InChI is InChI=1S/C13H17N3O4/c1-14-5-4-10(17)11(18)7-2-3-9-8(6-7)12(19)16-13(20)15-9/h2-3,6,10-11,14,17-18H,4-5H2,1H3,(H2,15,16,19,20). The van der Waals surface area contributed by atoms with Crippen LogP contribution in [-0.4, -0.2) is 39.9 Å². The monoisotopic (exact) mass is 279 g/mol. The molecule has 0 spiro atoms. The van der Waals surface area contributed by atoms with Gasteiger partial charge in [0.1, 0.15) is 6.10 Å². The number of rotatable bonds is 5. The molecule has 5 N–H and O–H groups in total. The molecule has 7 heteroatoms. The Morgan fingerprint density at radius 2 is 2.00 bits per heavy atom. The molecule has 2 atom stereocenters. The lowest BCUT2D eigenvalue weighted by Gasteiger charge is -2.18. The highest BCUT2D eigenvalue weighted by atomic mass is 16.3. The van der Waals surface area contributed by atoms with E-state index in [4.69, 9.17) is 0 Å². The van der Waals surface area contributed by atoms with E-state index in [1.807, 2.05) is 0 Å². The van der Waals surface area contributed by atoms with E-state index in [-0.39, 0.29) is 5.39 Å². The average molecular weight is 279 g/mol. The first-order valence-electron chi connectivity index (χ1n) is 6.30. The molecule has 0 saturated carbocycles. The predicted octanol–water partition coefficient (Wildman–Crippen LogP) is -0.780. The summed E-state index contributed by atoms with van der Waals surface area (Å²) in [6.45, 7) is 0.569. The van der Waals surface area contributed by atoms with Gasteiger partial charge in [0.05, 0.1) is 17.0 Å². The van der Waals surface area contributed by atoms with Crippen molar-refractivity contribution in [3.63, 3.8) is 0 Å². The van der Waals surface area contributed by atoms with Crippen LogP contribution >= 0.6 is 0 Å². The van der Waals surface area contributed by atoms with E-state index in [9.17, 15) is 19.8 Å². The van der Waals surface area contributed by atoms with Gasteiger partial charge < -0.3 is 20.5 Å². The van der Waals surface area contributed by atoms with E-state index in [0.29, 0.717) is 24.0 Å². The number of aliphatic hydroxyl groups excluding tert-OH is 2. The van der Waals surface area contributed by atoms with E-state index < -0.39 is 23.5 Å². The molecular formula is C13H17N3O4. The summed E-state index contributed by atoms with van der Waals surface area (Å²) in [5.74, 6) is 0. The molecule has 2 unspecified atom stereocenters. The van der Waals surface area contributed by atoms with Crippen LogP contribution < -0.4 is 16.6 Å². The Bertz CT molecular complexity index is 707. The fourth-order valence-electron chi connectivity index (χ4n) is 2.04. The van der Waals surface area contributed by atoms with Crippen molar-refractivity contribution < 1.29 is 10.2 Å². The largest absolute Gasteiger partial charge is 0.390 e. The Labute approximate surface area is 114 Å². The first-order chi connectivity index (χ1) is 9.52. The quantitative estimate of drug-likeness (QED) is 0.492. The molecule has 0 saturated heterocycles. The summed E-state index contributed by atoms with van der Waals surface area (Å²) in [7, 11) is 1.75. The van der Waals surface area contributed by atoms with E-state index in [1.165, 1.54) is 12.1 Å². The highest BCUT2D eigenvalue weighted by Crippen LogP contribution is 2.21. The SMILES string of the molecule is CNCCC(O)C(O)c1ccc2[nH]c(=O)[nH]c(=O)c2c1. The Balaban J connectivity index is 2.36. The molecule has 0 bridgehead atoms. The second kappa shape index (κ2) is 6.00. The molecule has 1 heterocycles. The number of aromatic nitrogens is 2. The van der Waals surface area contributed by atoms with Gasteiger partial charge in [0.25, 0.3) is 5.56 Å². The summed E-state index contributed by atoms with van der Waals surface area (Å²) in [5.41, 5.74) is -0.287. The Morgan fingerprint density at radius 1 is 1.25 bits per heavy atom. The zero-order valence-corrected chi connectivity index (χ0v) is 11.0. The fraction of sp³-hybridized carbons (Fsp3) is 0.385. The van der Waals surface area contributed by atoms with Gasteiger partial charge in [0.2, 0.25) is 0 Å². The number of hydrogen-bond donors (Lipinski definition) is 5. The summed E-state index contributed by atoms with van der Waals surface area (Å²) in [6.07, 6.45) is -1.63. The highest BCUT2D eigenvalue weighted by molar-refractivity contribution is 5.77. The number of nitrogens with one attached hydrogen (secondary N) is 3. The van der Waals surface area contributed by atoms with Crippen molar-refractivity contribution in [2.45, 2.75) is 18.6 Å². The number of hydrogen-bond acceptors (Lipinski definition) is 5. The lowest BCUT2D eigenvalue weighted by atomic mass is 10.0. The summed E-state index contributed by atoms with van der Waals surface area (Å²) < 4.78 is 0. The molecular weight excluding hydrogens is 262 g/mol. The van der Waals surface area contributed by atoms with Gasteiger partial charge in [0, 0.05) is 0 Å². The zero-order valence-electron chi connectivity index (χ0n) is 11.0. The maximum absolute atomic E-state index is 11.7. The molecule has 0 aliphatic carbocycles. The number of benzene rings is 1. The average Bonchev–Trinajstić information content (AvgIpc) is 2.43. The van der Waals surface area contributed by atoms with Crippen LogP contribution in [0.15, 0.2) is 27.8 Å². The highest BCUT2D eigenvalue weighted by Gasteiger charge is 2.18. The van der Waals surface area contributed by atoms with Crippen LogP contribution in [-0.2, 0) is 0 Å². The van der Waals surface area contributed by atoms with E-state index in [2.05, 4.69) is 15.3 Å². The number of aliphatic hydroxyl groups is 2. The Morgan fingerprint density at radius 3 is 2.70 bits per heavy atom. The third-order valence-corrected chi connectivity index (χ3v) is 3.16. The van der Waals surface area contributed by atoms with Crippen LogP contribution in [0.3, 0.4) is 0 Å². The van der Waals surface area contributed by atoms with Gasteiger partial charge >= 0.3 is 5.69 Å². The first kappa shape index (κ1) is 14.4. The summed E-state index contributed by atoms with van der Waals surface area (Å²) in [5, 5.41) is 23.1. The minimum atomic E-state index is -1.08. The van der Waals surface area contributed by atoms with Crippen LogP contribution in [0.4, 0.5) is 0 Å². The zero-order chi connectivity index (χ0) is 14.7. The van der Waals surface area contributed by atoms with E-state index in [0.717, 1.165) is 0 Å². The number of fused-ring (bicyclic) bond motifs is 1. The van der Waals surface area contributed by atoms with Gasteiger partial charge in [-0.2, -0.15) is 0 Å². The van der Waals surface area contributed by atoms with Crippen molar-refractivity contribution in [1.82, 2.24) is 15.3 Å². The molecule has 2 aromatic rings. The van der Waals surface area contributed by atoms with Crippen molar-refractivity contribution in [2.24, 2.45) is 0 Å². The van der Waals surface area contributed by atoms with Crippen molar-refractivity contribution in [3.8, 4) is 0 Å². The molecule has 0 aliphatic heterocycles. The molecule has 1 aromatic heterocycles. The second-order valence-electron chi connectivity index (χ2n) is 4.62. The van der Waals surface area contributed by atoms with Gasteiger partial charge in [-0.15, -0.1) is 0 Å². The molecule has 20 heavy (non-hydrogen) atoms. The maximum Gasteiger partial charge on any atom is 0.326 e. The van der Waals surface area contributed by atoms with Crippen LogP contribution in [0, 0.1) is 0 Å². The number of H-pyrrole nitrogens is 2. The van der Waals surface area contributed by atoms with Crippen LogP contribution in [0.2, 0.25) is 0 Å². The Kier molecular flexibility index (Phi) is 4.33. The molecule has 0 amide bonds. The second-order valence-corrected chi connectivity index (χ2v) is 4.62. The smallest absolute Gasteiger partial charge is 0.326 e. The van der Waals surface area contributed by atoms with E-state index >= 15 is 0 Å². The predicted molar refractivity (Wildman–Crippen MR) is 74.7 cm³/mol. The summed E-state index contributed by atoms with van der Waals surface area (Å²) >= 11 is 0. The fourth-order valence-corrected chi connectivity index (χ4v) is 2.04. The van der Waals surface area contributed by atoms with E-state index in [1.54, 1.807) is 13.1 Å². The molecule has 0 aliphatic rings. The third-order valence-electron chi connectivity index (χ3n) is 3.16. The van der Waals surface area contributed by atoms with Crippen molar-refractivity contribution in [1.29, 1.82) is 0 Å². The minimum Gasteiger partial charge on any atom is -0.390 e. The molecule has 0 radical (unpaired) electrons. The van der Waals surface area contributed by atoms with Crippen molar-refractivity contribution in [3.05, 3.63) is 44.6 Å². The molecule has 7 nitrogen and oxygen atoms in total. The van der Waals surface area contributed by atoms with Crippen molar-refractivity contribution in [2.75, 3.05) is 13.6 Å². The van der Waals surface area contributed by atoms with Gasteiger partial charge in [-0.25, -0.2) is 4.79 Å². The van der Waals surface area contributed by atoms with Crippen molar-refractivity contribution >= 4 is 10.9 Å². The molecule has 108 valence electrons. The molecule has 0 fully saturated rings. The van der Waals surface area contributed by atoms with Crippen LogP contribution in [0.25, 0.3) is 10.9 Å². The lowest BCUT2D eigenvalue weighted by Crippen LogP contribution is -2.24. The van der Waals surface area contributed by atoms with Gasteiger partial charge in [-0.3, -0.25) is 9.78 Å². The topological polar surface area (TPSA) is 118 Å². The third kappa shape index (κ3) is 2.96. The van der Waals surface area contributed by atoms with Gasteiger partial charge in [-0.1, -0.05) is 6.07 Å². The normalized spacial score (nSPS) is 14.3. The van der Waals surface area contributed by atoms with Crippen LogP contribution in [0.1, 0.15) is 18.1 Å². The minimum absolute atomic E-state index is 0.266. The molecule has 1 aromatic carbocycles.